The highest BCUT2D eigenvalue weighted by Gasteiger charge is 2.30. The van der Waals surface area contributed by atoms with Crippen molar-refractivity contribution in [2.75, 3.05) is 17.7 Å². The number of nitrogens with one attached hydrogen (secondary N) is 2. The zero-order valence-electron chi connectivity index (χ0n) is 15.5. The molecule has 7 heteroatoms. The van der Waals surface area contributed by atoms with Gasteiger partial charge in [-0.2, -0.15) is 0 Å². The summed E-state index contributed by atoms with van der Waals surface area (Å²) in [5.41, 5.74) is 3.41. The molecule has 3 aromatic carbocycles. The van der Waals surface area contributed by atoms with E-state index in [4.69, 9.17) is 4.74 Å². The van der Waals surface area contributed by atoms with Crippen LogP contribution in [0.15, 0.2) is 72.8 Å². The molecule has 0 radical (unpaired) electrons. The van der Waals surface area contributed by atoms with Gasteiger partial charge in [0.2, 0.25) is 0 Å². The summed E-state index contributed by atoms with van der Waals surface area (Å²) in [5, 5.41) is 17.3. The molecular formula is C22H17N3O4. The van der Waals surface area contributed by atoms with Crippen LogP contribution in [0.5, 0.6) is 5.75 Å². The third-order valence-electron chi connectivity index (χ3n) is 4.63. The van der Waals surface area contributed by atoms with Gasteiger partial charge >= 0.3 is 0 Å². The third-order valence-corrected chi connectivity index (χ3v) is 4.63. The molecule has 0 atom stereocenters. The standard InChI is InChI=1S/C22H17N3O4/c1-29-17-10-7-15(8-11-17)23-21(14-5-3-2-4-6-14)20-18-13-16(25(27)28)9-12-19(18)24-22(20)26/h2-13,23H,1H3,(H,24,26). The second kappa shape index (κ2) is 7.47. The quantitative estimate of drug-likeness (QED) is 0.381. The lowest BCUT2D eigenvalue weighted by atomic mass is 9.99. The number of nitro groups is 1. The summed E-state index contributed by atoms with van der Waals surface area (Å²) < 4.78 is 5.19. The van der Waals surface area contributed by atoms with Gasteiger partial charge in [0.25, 0.3) is 11.6 Å². The van der Waals surface area contributed by atoms with Gasteiger partial charge < -0.3 is 15.4 Å². The molecule has 0 saturated heterocycles. The van der Waals surface area contributed by atoms with Crippen molar-refractivity contribution < 1.29 is 14.5 Å². The summed E-state index contributed by atoms with van der Waals surface area (Å²) in [6, 6.07) is 21.0. The fraction of sp³-hybridized carbons (Fsp3) is 0.0455. The summed E-state index contributed by atoms with van der Waals surface area (Å²) in [6.45, 7) is 0. The number of rotatable bonds is 5. The molecule has 0 spiro atoms. The molecule has 0 unspecified atom stereocenters. The number of nitrogens with zero attached hydrogens (tertiary/aromatic N) is 1. The highest BCUT2D eigenvalue weighted by molar-refractivity contribution is 6.37. The Bertz CT molecular complexity index is 1120. The zero-order valence-corrected chi connectivity index (χ0v) is 15.5. The molecule has 4 rings (SSSR count). The van der Waals surface area contributed by atoms with Crippen LogP contribution in [-0.4, -0.2) is 17.9 Å². The average molecular weight is 387 g/mol. The van der Waals surface area contributed by atoms with E-state index in [1.165, 1.54) is 12.1 Å². The number of carbonyl (C=O) groups excluding carboxylic acids is 1. The molecule has 0 aliphatic carbocycles. The second-order valence-electron chi connectivity index (χ2n) is 6.41. The number of ether oxygens (including phenoxy) is 1. The van der Waals surface area contributed by atoms with Crippen LogP contribution in [0.25, 0.3) is 11.3 Å². The first-order valence-electron chi connectivity index (χ1n) is 8.88. The molecule has 1 amide bonds. The van der Waals surface area contributed by atoms with E-state index in [9.17, 15) is 14.9 Å². The minimum Gasteiger partial charge on any atom is -0.497 e. The van der Waals surface area contributed by atoms with E-state index in [1.807, 2.05) is 54.6 Å². The molecule has 0 bridgehead atoms. The molecule has 1 aliphatic rings. The topological polar surface area (TPSA) is 93.5 Å². The number of non-ortho nitro benzene ring substituents is 1. The van der Waals surface area contributed by atoms with Gasteiger partial charge in [0.05, 0.1) is 23.3 Å². The smallest absolute Gasteiger partial charge is 0.270 e. The lowest BCUT2D eigenvalue weighted by molar-refractivity contribution is -0.384. The Balaban J connectivity index is 1.88. The number of anilines is 2. The van der Waals surface area contributed by atoms with Crippen molar-refractivity contribution in [3.05, 3.63) is 94.0 Å². The van der Waals surface area contributed by atoms with E-state index in [1.54, 1.807) is 13.2 Å². The summed E-state index contributed by atoms with van der Waals surface area (Å²) in [7, 11) is 1.59. The lowest BCUT2D eigenvalue weighted by Gasteiger charge is -2.15. The first kappa shape index (κ1) is 18.2. The largest absolute Gasteiger partial charge is 0.497 e. The van der Waals surface area contributed by atoms with Crippen molar-refractivity contribution in [3.8, 4) is 5.75 Å². The minimum atomic E-state index is -0.472. The normalized spacial score (nSPS) is 14.0. The van der Waals surface area contributed by atoms with Crippen LogP contribution in [0.3, 0.4) is 0 Å². The Kier molecular flexibility index (Phi) is 4.70. The van der Waals surface area contributed by atoms with Gasteiger partial charge in [0.1, 0.15) is 5.75 Å². The molecule has 7 nitrogen and oxygen atoms in total. The van der Waals surface area contributed by atoms with Gasteiger partial charge in [0, 0.05) is 29.1 Å². The van der Waals surface area contributed by atoms with E-state index in [0.717, 1.165) is 11.3 Å². The van der Waals surface area contributed by atoms with Gasteiger partial charge in [-0.15, -0.1) is 0 Å². The number of benzene rings is 3. The van der Waals surface area contributed by atoms with Crippen LogP contribution in [-0.2, 0) is 4.79 Å². The van der Waals surface area contributed by atoms with Crippen LogP contribution in [0, 0.1) is 10.1 Å². The van der Waals surface area contributed by atoms with Crippen LogP contribution < -0.4 is 15.4 Å². The van der Waals surface area contributed by atoms with Crippen molar-refractivity contribution in [2.24, 2.45) is 0 Å². The van der Waals surface area contributed by atoms with E-state index < -0.39 is 4.92 Å². The maximum absolute atomic E-state index is 12.8. The molecule has 0 fully saturated rings. The fourth-order valence-corrected chi connectivity index (χ4v) is 3.22. The highest BCUT2D eigenvalue weighted by Crippen LogP contribution is 2.39. The number of amides is 1. The third kappa shape index (κ3) is 3.53. The molecule has 29 heavy (non-hydrogen) atoms. The Morgan fingerprint density at radius 1 is 1.03 bits per heavy atom. The van der Waals surface area contributed by atoms with Gasteiger partial charge in [-0.3, -0.25) is 14.9 Å². The van der Waals surface area contributed by atoms with Gasteiger partial charge in [-0.1, -0.05) is 30.3 Å². The molecule has 1 heterocycles. The van der Waals surface area contributed by atoms with E-state index >= 15 is 0 Å². The predicted octanol–water partition coefficient (Wildman–Crippen LogP) is 4.54. The van der Waals surface area contributed by atoms with E-state index in [-0.39, 0.29) is 11.6 Å². The Hall–Kier alpha value is -4.13. The minimum absolute atomic E-state index is 0.0744. The summed E-state index contributed by atoms with van der Waals surface area (Å²) >= 11 is 0. The number of methoxy groups -OCH3 is 1. The van der Waals surface area contributed by atoms with Crippen molar-refractivity contribution in [3.63, 3.8) is 0 Å². The van der Waals surface area contributed by atoms with Crippen molar-refractivity contribution in [1.82, 2.24) is 0 Å². The molecule has 2 N–H and O–H groups in total. The summed E-state index contributed by atoms with van der Waals surface area (Å²) in [4.78, 5) is 23.6. The first-order valence-corrected chi connectivity index (χ1v) is 8.88. The summed E-state index contributed by atoms with van der Waals surface area (Å²) in [5.74, 6) is 0.393. The maximum atomic E-state index is 12.8. The van der Waals surface area contributed by atoms with Crippen molar-refractivity contribution >= 4 is 34.2 Å². The maximum Gasteiger partial charge on any atom is 0.270 e. The molecular weight excluding hydrogens is 370 g/mol. The van der Waals surface area contributed by atoms with Gasteiger partial charge in [-0.25, -0.2) is 0 Å². The lowest BCUT2D eigenvalue weighted by Crippen LogP contribution is -2.10. The number of fused-ring (bicyclic) bond motifs is 1. The number of hydrogen-bond acceptors (Lipinski definition) is 5. The van der Waals surface area contributed by atoms with Crippen LogP contribution in [0.1, 0.15) is 11.1 Å². The number of nitro benzene ring substituents is 1. The first-order chi connectivity index (χ1) is 14.1. The Morgan fingerprint density at radius 2 is 1.76 bits per heavy atom. The Morgan fingerprint density at radius 3 is 2.41 bits per heavy atom. The average Bonchev–Trinajstić information content (AvgIpc) is 3.07. The van der Waals surface area contributed by atoms with Gasteiger partial charge in [0.15, 0.2) is 0 Å². The van der Waals surface area contributed by atoms with Crippen molar-refractivity contribution in [1.29, 1.82) is 0 Å². The van der Waals surface area contributed by atoms with Crippen LogP contribution in [0.4, 0.5) is 17.1 Å². The summed E-state index contributed by atoms with van der Waals surface area (Å²) in [6.07, 6.45) is 0. The zero-order chi connectivity index (χ0) is 20.4. The molecule has 144 valence electrons. The SMILES string of the molecule is COc1ccc(NC(=C2C(=O)Nc3ccc([N+](=O)[O-])cc32)c2ccccc2)cc1. The number of hydrogen-bond donors (Lipinski definition) is 2. The molecule has 3 aromatic rings. The molecule has 1 aliphatic heterocycles. The van der Waals surface area contributed by atoms with E-state index in [0.29, 0.717) is 28.3 Å². The molecule has 0 aromatic heterocycles. The predicted molar refractivity (Wildman–Crippen MR) is 112 cm³/mol. The van der Waals surface area contributed by atoms with Crippen molar-refractivity contribution in [2.45, 2.75) is 0 Å². The highest BCUT2D eigenvalue weighted by atomic mass is 16.6. The monoisotopic (exact) mass is 387 g/mol. The van der Waals surface area contributed by atoms with Crippen LogP contribution >= 0.6 is 0 Å². The van der Waals surface area contributed by atoms with E-state index in [2.05, 4.69) is 10.6 Å². The number of carbonyl (C=O) groups is 1. The molecule has 0 saturated carbocycles. The fourth-order valence-electron chi connectivity index (χ4n) is 3.22. The van der Waals surface area contributed by atoms with Gasteiger partial charge in [-0.05, 0) is 35.9 Å². The Labute approximate surface area is 166 Å². The van der Waals surface area contributed by atoms with Crippen LogP contribution in [0.2, 0.25) is 0 Å². The second-order valence-corrected chi connectivity index (χ2v) is 6.41.